The Morgan fingerprint density at radius 1 is 1.38 bits per heavy atom. The Morgan fingerprint density at radius 3 is 2.50 bits per heavy atom. The average molecular weight is 262 g/mol. The van der Waals surface area contributed by atoms with E-state index in [2.05, 4.69) is 4.72 Å². The monoisotopic (exact) mass is 261 g/mol. The summed E-state index contributed by atoms with van der Waals surface area (Å²) in [7, 11) is -3.43. The Hall–Kier alpha value is -0.580. The SMILES string of the molecule is Cc1c(CCl)cccc1S(=O)(=O)NC(C)C. The van der Waals surface area contributed by atoms with Crippen molar-refractivity contribution in [3.05, 3.63) is 29.3 Å². The second-order valence-corrected chi connectivity index (χ2v) is 5.90. The topological polar surface area (TPSA) is 46.2 Å². The molecule has 0 spiro atoms. The van der Waals surface area contributed by atoms with Gasteiger partial charge in [-0.25, -0.2) is 13.1 Å². The van der Waals surface area contributed by atoms with Crippen LogP contribution in [-0.2, 0) is 15.9 Å². The minimum atomic E-state index is -3.43. The zero-order chi connectivity index (χ0) is 12.3. The first-order valence-corrected chi connectivity index (χ1v) is 7.07. The minimum Gasteiger partial charge on any atom is -0.209 e. The second kappa shape index (κ2) is 5.17. The van der Waals surface area contributed by atoms with Gasteiger partial charge < -0.3 is 0 Å². The van der Waals surface area contributed by atoms with E-state index in [9.17, 15) is 8.42 Å². The third-order valence-corrected chi connectivity index (χ3v) is 4.31. The summed E-state index contributed by atoms with van der Waals surface area (Å²) in [6, 6.07) is 5.01. The van der Waals surface area contributed by atoms with E-state index in [1.165, 1.54) is 0 Å². The predicted molar refractivity (Wildman–Crippen MR) is 66.2 cm³/mol. The van der Waals surface area contributed by atoms with E-state index in [1.54, 1.807) is 32.9 Å². The third-order valence-electron chi connectivity index (χ3n) is 2.22. The van der Waals surface area contributed by atoms with Gasteiger partial charge in [-0.2, -0.15) is 0 Å². The van der Waals surface area contributed by atoms with E-state index in [0.717, 1.165) is 5.56 Å². The summed E-state index contributed by atoms with van der Waals surface area (Å²) in [5, 5.41) is 0. The standard InChI is InChI=1S/C11H16ClNO2S/c1-8(2)13-16(14,15)11-6-4-5-10(7-12)9(11)3/h4-6,8,13H,7H2,1-3H3. The Bertz CT molecular complexity index is 469. The highest BCUT2D eigenvalue weighted by Gasteiger charge is 2.18. The molecule has 1 N–H and O–H groups in total. The van der Waals surface area contributed by atoms with Crippen molar-refractivity contribution in [1.29, 1.82) is 0 Å². The first-order valence-electron chi connectivity index (χ1n) is 5.05. The smallest absolute Gasteiger partial charge is 0.209 e. The fourth-order valence-corrected chi connectivity index (χ4v) is 3.30. The van der Waals surface area contributed by atoms with Crippen LogP contribution in [-0.4, -0.2) is 14.5 Å². The van der Waals surface area contributed by atoms with Gasteiger partial charge in [0, 0.05) is 11.9 Å². The number of hydrogen-bond acceptors (Lipinski definition) is 2. The maximum absolute atomic E-state index is 12.0. The normalized spacial score (nSPS) is 12.1. The van der Waals surface area contributed by atoms with Gasteiger partial charge in [-0.15, -0.1) is 11.6 Å². The van der Waals surface area contributed by atoms with Crippen molar-refractivity contribution in [2.24, 2.45) is 0 Å². The summed E-state index contributed by atoms with van der Waals surface area (Å²) in [5.41, 5.74) is 1.55. The molecular formula is C11H16ClNO2S. The summed E-state index contributed by atoms with van der Waals surface area (Å²) in [6.07, 6.45) is 0. The Morgan fingerprint density at radius 2 is 2.00 bits per heavy atom. The highest BCUT2D eigenvalue weighted by Crippen LogP contribution is 2.20. The summed E-state index contributed by atoms with van der Waals surface area (Å²) in [5.74, 6) is 0.316. The number of rotatable bonds is 4. The largest absolute Gasteiger partial charge is 0.241 e. The molecule has 0 aliphatic heterocycles. The molecular weight excluding hydrogens is 246 g/mol. The maximum Gasteiger partial charge on any atom is 0.241 e. The minimum absolute atomic E-state index is 0.121. The molecule has 16 heavy (non-hydrogen) atoms. The van der Waals surface area contributed by atoms with Crippen molar-refractivity contribution in [3.63, 3.8) is 0 Å². The van der Waals surface area contributed by atoms with E-state index in [1.807, 2.05) is 6.07 Å². The van der Waals surface area contributed by atoms with Gasteiger partial charge >= 0.3 is 0 Å². The lowest BCUT2D eigenvalue weighted by atomic mass is 10.1. The van der Waals surface area contributed by atoms with Crippen molar-refractivity contribution in [1.82, 2.24) is 4.72 Å². The molecule has 0 saturated carbocycles. The molecule has 0 saturated heterocycles. The molecule has 0 heterocycles. The van der Waals surface area contributed by atoms with E-state index in [4.69, 9.17) is 11.6 Å². The molecule has 1 rings (SSSR count). The molecule has 0 atom stereocenters. The first kappa shape index (κ1) is 13.5. The van der Waals surface area contributed by atoms with Crippen molar-refractivity contribution in [2.45, 2.75) is 37.6 Å². The quantitative estimate of drug-likeness (QED) is 0.846. The highest BCUT2D eigenvalue weighted by atomic mass is 35.5. The maximum atomic E-state index is 12.0. The number of nitrogens with one attached hydrogen (secondary N) is 1. The fraction of sp³-hybridized carbons (Fsp3) is 0.455. The summed E-state index contributed by atoms with van der Waals surface area (Å²) < 4.78 is 26.5. The molecule has 0 radical (unpaired) electrons. The van der Waals surface area contributed by atoms with Gasteiger partial charge in [-0.3, -0.25) is 0 Å². The van der Waals surface area contributed by atoms with E-state index >= 15 is 0 Å². The van der Waals surface area contributed by atoms with Crippen LogP contribution in [0.1, 0.15) is 25.0 Å². The molecule has 0 unspecified atom stereocenters. The van der Waals surface area contributed by atoms with Crippen LogP contribution >= 0.6 is 11.6 Å². The van der Waals surface area contributed by atoms with Gasteiger partial charge in [0.25, 0.3) is 0 Å². The Balaban J connectivity index is 3.23. The van der Waals surface area contributed by atoms with Crippen LogP contribution in [0.5, 0.6) is 0 Å². The van der Waals surface area contributed by atoms with Crippen molar-refractivity contribution < 1.29 is 8.42 Å². The molecule has 1 aromatic rings. The molecule has 5 heteroatoms. The zero-order valence-electron chi connectivity index (χ0n) is 9.62. The Kier molecular flexibility index (Phi) is 4.35. The molecule has 0 bridgehead atoms. The molecule has 90 valence electrons. The van der Waals surface area contributed by atoms with Gasteiger partial charge in [0.05, 0.1) is 4.90 Å². The predicted octanol–water partition coefficient (Wildman–Crippen LogP) is 2.42. The summed E-state index contributed by atoms with van der Waals surface area (Å²) in [4.78, 5) is 0.305. The third kappa shape index (κ3) is 2.97. The molecule has 1 aromatic carbocycles. The Labute approximate surface area is 102 Å². The van der Waals surface area contributed by atoms with E-state index in [0.29, 0.717) is 16.3 Å². The van der Waals surface area contributed by atoms with Gasteiger partial charge in [0.1, 0.15) is 0 Å². The lowest BCUT2D eigenvalue weighted by Crippen LogP contribution is -2.30. The fourth-order valence-electron chi connectivity index (χ4n) is 1.47. The molecule has 0 aromatic heterocycles. The van der Waals surface area contributed by atoms with Crippen LogP contribution in [0.3, 0.4) is 0 Å². The summed E-state index contributed by atoms with van der Waals surface area (Å²) in [6.45, 7) is 5.35. The van der Waals surface area contributed by atoms with Crippen LogP contribution < -0.4 is 4.72 Å². The van der Waals surface area contributed by atoms with Gasteiger partial charge in [0.15, 0.2) is 0 Å². The lowest BCUT2D eigenvalue weighted by molar-refractivity contribution is 0.569. The van der Waals surface area contributed by atoms with Gasteiger partial charge in [0.2, 0.25) is 10.0 Å². The van der Waals surface area contributed by atoms with Gasteiger partial charge in [-0.1, -0.05) is 12.1 Å². The average Bonchev–Trinajstić information content (AvgIpc) is 2.15. The number of halogens is 1. The summed E-state index contributed by atoms with van der Waals surface area (Å²) >= 11 is 5.74. The second-order valence-electron chi connectivity index (χ2n) is 3.95. The van der Waals surface area contributed by atoms with Crippen LogP contribution in [0.4, 0.5) is 0 Å². The van der Waals surface area contributed by atoms with Crippen LogP contribution in [0.15, 0.2) is 23.1 Å². The molecule has 0 aliphatic rings. The number of benzene rings is 1. The zero-order valence-corrected chi connectivity index (χ0v) is 11.2. The molecule has 3 nitrogen and oxygen atoms in total. The van der Waals surface area contributed by atoms with E-state index < -0.39 is 10.0 Å². The van der Waals surface area contributed by atoms with Crippen molar-refractivity contribution in [2.75, 3.05) is 0 Å². The van der Waals surface area contributed by atoms with Crippen LogP contribution in [0.2, 0.25) is 0 Å². The lowest BCUT2D eigenvalue weighted by Gasteiger charge is -2.13. The van der Waals surface area contributed by atoms with E-state index in [-0.39, 0.29) is 6.04 Å². The van der Waals surface area contributed by atoms with Crippen LogP contribution in [0, 0.1) is 6.92 Å². The van der Waals surface area contributed by atoms with Crippen molar-refractivity contribution in [3.8, 4) is 0 Å². The number of sulfonamides is 1. The van der Waals surface area contributed by atoms with Gasteiger partial charge in [-0.05, 0) is 38.0 Å². The molecule has 0 fully saturated rings. The molecule has 0 amide bonds. The van der Waals surface area contributed by atoms with Crippen molar-refractivity contribution >= 4 is 21.6 Å². The molecule has 0 aliphatic carbocycles. The number of alkyl halides is 1. The highest BCUT2D eigenvalue weighted by molar-refractivity contribution is 7.89. The number of hydrogen-bond donors (Lipinski definition) is 1. The van der Waals surface area contributed by atoms with Crippen LogP contribution in [0.25, 0.3) is 0 Å². The first-order chi connectivity index (χ1) is 7.38.